The molecule has 0 saturated carbocycles. The summed E-state index contributed by atoms with van der Waals surface area (Å²) in [4.78, 5) is 20.5. The second-order valence-electron chi connectivity index (χ2n) is 1.68. The molecule has 0 heterocycles. The molecule has 0 aliphatic heterocycles. The number of aldehydes is 1. The SMILES string of the molecule is C=C/C=C\C(=O)N(O)CC=O. The van der Waals surface area contributed by atoms with Gasteiger partial charge in [-0.05, 0) is 0 Å². The Morgan fingerprint density at radius 3 is 2.73 bits per heavy atom. The molecule has 0 aliphatic rings. The summed E-state index contributed by atoms with van der Waals surface area (Å²) in [5, 5.41) is 9.02. The molecule has 1 amide bonds. The molecule has 0 aliphatic carbocycles. The van der Waals surface area contributed by atoms with Crippen molar-refractivity contribution in [2.75, 3.05) is 6.54 Å². The standard InChI is InChI=1S/C7H9NO3/c1-2-3-4-7(10)8(11)5-6-9/h2-4,6,11H,1,5H2/b4-3-. The molecule has 0 aromatic carbocycles. The molecule has 0 aromatic heterocycles. The molecule has 60 valence electrons. The zero-order chi connectivity index (χ0) is 8.69. The van der Waals surface area contributed by atoms with Crippen LogP contribution in [0.5, 0.6) is 0 Å². The number of hydrogen-bond donors (Lipinski definition) is 1. The van der Waals surface area contributed by atoms with Gasteiger partial charge in [0.25, 0.3) is 5.91 Å². The van der Waals surface area contributed by atoms with Crippen LogP contribution in [0.25, 0.3) is 0 Å². The number of amides is 1. The minimum absolute atomic E-state index is 0.312. The zero-order valence-corrected chi connectivity index (χ0v) is 5.93. The maximum absolute atomic E-state index is 10.7. The average Bonchev–Trinajstić information content (AvgIpc) is 2.00. The van der Waals surface area contributed by atoms with E-state index in [1.165, 1.54) is 12.2 Å². The number of hydrogen-bond acceptors (Lipinski definition) is 3. The van der Waals surface area contributed by atoms with E-state index < -0.39 is 5.91 Å². The van der Waals surface area contributed by atoms with Gasteiger partial charge in [-0.15, -0.1) is 0 Å². The van der Waals surface area contributed by atoms with Gasteiger partial charge in [0.15, 0.2) is 0 Å². The highest BCUT2D eigenvalue weighted by atomic mass is 16.5. The van der Waals surface area contributed by atoms with Crippen LogP contribution < -0.4 is 0 Å². The number of nitrogens with zero attached hydrogens (tertiary/aromatic N) is 1. The van der Waals surface area contributed by atoms with Gasteiger partial charge < -0.3 is 4.79 Å². The van der Waals surface area contributed by atoms with Gasteiger partial charge in [0, 0.05) is 6.08 Å². The van der Waals surface area contributed by atoms with Crippen molar-refractivity contribution >= 4 is 12.2 Å². The molecule has 4 heteroatoms. The number of hydroxylamine groups is 2. The molecule has 0 spiro atoms. The van der Waals surface area contributed by atoms with Gasteiger partial charge in [0.1, 0.15) is 12.8 Å². The largest absolute Gasteiger partial charge is 0.301 e. The second kappa shape index (κ2) is 5.37. The molecule has 0 bridgehead atoms. The fourth-order valence-corrected chi connectivity index (χ4v) is 0.397. The molecule has 0 atom stereocenters. The van der Waals surface area contributed by atoms with E-state index in [9.17, 15) is 9.59 Å². The molecular weight excluding hydrogens is 146 g/mol. The quantitative estimate of drug-likeness (QED) is 0.206. The van der Waals surface area contributed by atoms with Gasteiger partial charge in [-0.1, -0.05) is 18.7 Å². The van der Waals surface area contributed by atoms with Crippen LogP contribution >= 0.6 is 0 Å². The van der Waals surface area contributed by atoms with Crippen molar-refractivity contribution in [1.82, 2.24) is 5.06 Å². The van der Waals surface area contributed by atoms with E-state index in [2.05, 4.69) is 6.58 Å². The van der Waals surface area contributed by atoms with Crippen LogP contribution in [0.1, 0.15) is 0 Å². The molecule has 1 N–H and O–H groups in total. The third-order valence-corrected chi connectivity index (χ3v) is 0.877. The van der Waals surface area contributed by atoms with E-state index in [0.29, 0.717) is 11.3 Å². The van der Waals surface area contributed by atoms with Crippen molar-refractivity contribution in [3.63, 3.8) is 0 Å². The number of carbonyl (C=O) groups excluding carboxylic acids is 2. The van der Waals surface area contributed by atoms with Gasteiger partial charge in [-0.25, -0.2) is 5.06 Å². The summed E-state index contributed by atoms with van der Waals surface area (Å²) < 4.78 is 0. The number of carbonyl (C=O) groups is 2. The summed E-state index contributed by atoms with van der Waals surface area (Å²) in [6.07, 6.45) is 4.30. The van der Waals surface area contributed by atoms with Gasteiger partial charge >= 0.3 is 0 Å². The minimum Gasteiger partial charge on any atom is -0.301 e. The highest BCUT2D eigenvalue weighted by Gasteiger charge is 2.03. The van der Waals surface area contributed by atoms with E-state index in [4.69, 9.17) is 5.21 Å². The van der Waals surface area contributed by atoms with Gasteiger partial charge in [-0.3, -0.25) is 10.0 Å². The highest BCUT2D eigenvalue weighted by molar-refractivity contribution is 5.88. The van der Waals surface area contributed by atoms with Crippen LogP contribution in [-0.4, -0.2) is 29.0 Å². The Hall–Kier alpha value is -1.42. The van der Waals surface area contributed by atoms with Gasteiger partial charge in [-0.2, -0.15) is 0 Å². The van der Waals surface area contributed by atoms with Crippen LogP contribution in [0, 0.1) is 0 Å². The maximum Gasteiger partial charge on any atom is 0.270 e. The fourth-order valence-electron chi connectivity index (χ4n) is 0.397. The molecule has 0 fully saturated rings. The van der Waals surface area contributed by atoms with E-state index in [1.54, 1.807) is 0 Å². The Bertz CT molecular complexity index is 186. The molecular formula is C7H9NO3. The summed E-state index contributed by atoms with van der Waals surface area (Å²) in [5.74, 6) is -0.642. The van der Waals surface area contributed by atoms with Crippen LogP contribution in [0.4, 0.5) is 0 Å². The third-order valence-electron chi connectivity index (χ3n) is 0.877. The predicted molar refractivity (Wildman–Crippen MR) is 38.9 cm³/mol. The second-order valence-corrected chi connectivity index (χ2v) is 1.68. The Morgan fingerprint density at radius 1 is 1.64 bits per heavy atom. The Balaban J connectivity index is 3.91. The van der Waals surface area contributed by atoms with Crippen LogP contribution in [0.2, 0.25) is 0 Å². The fraction of sp³-hybridized carbons (Fsp3) is 0.143. The van der Waals surface area contributed by atoms with Crippen molar-refractivity contribution < 1.29 is 14.8 Å². The summed E-state index contributed by atoms with van der Waals surface area (Å²) in [6, 6.07) is 0. The first kappa shape index (κ1) is 9.58. The molecule has 0 radical (unpaired) electrons. The maximum atomic E-state index is 10.7. The summed E-state index contributed by atoms with van der Waals surface area (Å²) in [6.45, 7) is 3.01. The van der Waals surface area contributed by atoms with E-state index in [1.807, 2.05) is 0 Å². The van der Waals surface area contributed by atoms with E-state index in [-0.39, 0.29) is 6.54 Å². The normalized spacial score (nSPS) is 9.55. The number of allylic oxidation sites excluding steroid dienone is 2. The van der Waals surface area contributed by atoms with Crippen LogP contribution in [0.3, 0.4) is 0 Å². The molecule has 11 heavy (non-hydrogen) atoms. The topological polar surface area (TPSA) is 57.6 Å². The summed E-state index contributed by atoms with van der Waals surface area (Å²) in [7, 11) is 0. The van der Waals surface area contributed by atoms with E-state index >= 15 is 0 Å². The minimum atomic E-state index is -0.642. The van der Waals surface area contributed by atoms with Crippen molar-refractivity contribution in [1.29, 1.82) is 0 Å². The molecule has 0 aromatic rings. The Kier molecular flexibility index (Phi) is 4.68. The molecule has 0 unspecified atom stereocenters. The Morgan fingerprint density at radius 2 is 2.27 bits per heavy atom. The zero-order valence-electron chi connectivity index (χ0n) is 5.93. The highest BCUT2D eigenvalue weighted by Crippen LogP contribution is 1.84. The average molecular weight is 155 g/mol. The van der Waals surface area contributed by atoms with Crippen molar-refractivity contribution in [2.45, 2.75) is 0 Å². The molecule has 0 rings (SSSR count). The monoisotopic (exact) mass is 155 g/mol. The van der Waals surface area contributed by atoms with Crippen molar-refractivity contribution in [3.05, 3.63) is 24.8 Å². The summed E-state index contributed by atoms with van der Waals surface area (Å²) >= 11 is 0. The Labute approximate surface area is 64.4 Å². The lowest BCUT2D eigenvalue weighted by atomic mass is 10.4. The lowest BCUT2D eigenvalue weighted by Crippen LogP contribution is -2.27. The first-order valence-electron chi connectivity index (χ1n) is 2.95. The summed E-state index contributed by atoms with van der Waals surface area (Å²) in [5.41, 5.74) is 0. The van der Waals surface area contributed by atoms with Crippen molar-refractivity contribution in [2.24, 2.45) is 0 Å². The van der Waals surface area contributed by atoms with Gasteiger partial charge in [0.2, 0.25) is 0 Å². The third kappa shape index (κ3) is 4.05. The lowest BCUT2D eigenvalue weighted by molar-refractivity contribution is -0.160. The van der Waals surface area contributed by atoms with Gasteiger partial charge in [0.05, 0.1) is 0 Å². The molecule has 0 saturated heterocycles. The van der Waals surface area contributed by atoms with Crippen molar-refractivity contribution in [3.8, 4) is 0 Å². The molecule has 4 nitrogen and oxygen atoms in total. The van der Waals surface area contributed by atoms with Crippen LogP contribution in [-0.2, 0) is 9.59 Å². The smallest absolute Gasteiger partial charge is 0.270 e. The first-order chi connectivity index (χ1) is 5.22. The lowest BCUT2D eigenvalue weighted by Gasteiger charge is -2.06. The first-order valence-corrected chi connectivity index (χ1v) is 2.95. The van der Waals surface area contributed by atoms with Crippen LogP contribution in [0.15, 0.2) is 24.8 Å². The van der Waals surface area contributed by atoms with E-state index in [0.717, 1.165) is 6.08 Å². The predicted octanol–water partition coefficient (Wildman–Crippen LogP) is 0.145. The number of rotatable bonds is 4.